The van der Waals surface area contributed by atoms with Gasteiger partial charge in [0.25, 0.3) is 0 Å². The average molecular weight is 766 g/mol. The van der Waals surface area contributed by atoms with Crippen LogP contribution >= 0.6 is 0 Å². The Morgan fingerprint density at radius 3 is 1.13 bits per heavy atom. The molecule has 0 saturated carbocycles. The third kappa shape index (κ3) is 37.8. The number of esters is 1. The number of unbranched alkanes of at least 4 members (excludes halogenated alkanes) is 32. The lowest BCUT2D eigenvalue weighted by atomic mass is 10.0. The molecule has 0 aliphatic carbocycles. The molecule has 0 aliphatic heterocycles. The van der Waals surface area contributed by atoms with Crippen LogP contribution in [-0.4, -0.2) is 46.9 Å². The van der Waals surface area contributed by atoms with Gasteiger partial charge in [0, 0.05) is 6.42 Å². The van der Waals surface area contributed by atoms with Crippen molar-refractivity contribution in [3.05, 3.63) is 0 Å². The summed E-state index contributed by atoms with van der Waals surface area (Å²) in [6.07, 6.45) is 44.5. The third-order valence-electron chi connectivity index (χ3n) is 11.4. The van der Waals surface area contributed by atoms with E-state index in [1.807, 2.05) is 0 Å². The molecule has 6 heteroatoms. The van der Waals surface area contributed by atoms with Gasteiger partial charge in [-0.25, -0.2) is 0 Å². The maximum absolute atomic E-state index is 13.1. The predicted molar refractivity (Wildman–Crippen MR) is 232 cm³/mol. The van der Waals surface area contributed by atoms with Gasteiger partial charge in [-0.15, -0.1) is 0 Å². The van der Waals surface area contributed by atoms with Gasteiger partial charge in [0.05, 0.1) is 25.2 Å². The Morgan fingerprint density at radius 2 is 0.778 bits per heavy atom. The van der Waals surface area contributed by atoms with Crippen molar-refractivity contribution in [2.75, 3.05) is 6.61 Å². The molecule has 0 saturated heterocycles. The Hall–Kier alpha value is -1.14. The van der Waals surface area contributed by atoms with E-state index in [9.17, 15) is 19.8 Å². The van der Waals surface area contributed by atoms with Gasteiger partial charge < -0.3 is 20.3 Å². The van der Waals surface area contributed by atoms with Crippen molar-refractivity contribution < 1.29 is 24.5 Å². The zero-order chi connectivity index (χ0) is 39.6. The number of rotatable bonds is 44. The minimum absolute atomic E-state index is 0.0872. The summed E-state index contributed by atoms with van der Waals surface area (Å²) in [6.45, 7) is 6.48. The smallest absolute Gasteiger partial charge is 0.306 e. The molecule has 54 heavy (non-hydrogen) atoms. The highest BCUT2D eigenvalue weighted by Gasteiger charge is 2.24. The molecule has 322 valence electrons. The lowest BCUT2D eigenvalue weighted by molar-refractivity contribution is -0.151. The molecule has 0 spiro atoms. The van der Waals surface area contributed by atoms with E-state index in [1.54, 1.807) is 0 Å². The van der Waals surface area contributed by atoms with E-state index in [2.05, 4.69) is 26.1 Å². The van der Waals surface area contributed by atoms with Crippen LogP contribution in [-0.2, 0) is 14.3 Å². The van der Waals surface area contributed by atoms with Crippen LogP contribution in [0.5, 0.6) is 0 Å². The first-order valence-electron chi connectivity index (χ1n) is 24.3. The number of ether oxygens (including phenoxy) is 1. The maximum Gasteiger partial charge on any atom is 0.306 e. The summed E-state index contributed by atoms with van der Waals surface area (Å²) < 4.78 is 5.91. The number of hydrogen-bond donors (Lipinski definition) is 3. The standard InChI is InChI=1S/C48H95NO5/c1-4-7-10-13-16-19-22-23-24-25-26-27-30-33-36-39-44(54-48(53)41-38-35-32-29-21-18-15-12-9-6-3)42-47(52)49-45(43-50)46(51)40-37-34-31-28-20-17-14-11-8-5-2/h44-46,50-51H,4-43H2,1-3H3,(H,49,52). The highest BCUT2D eigenvalue weighted by molar-refractivity contribution is 5.77. The average Bonchev–Trinajstić information content (AvgIpc) is 3.16. The quantitative estimate of drug-likeness (QED) is 0.0424. The Bertz CT molecular complexity index is 776. The summed E-state index contributed by atoms with van der Waals surface area (Å²) >= 11 is 0. The molecule has 0 heterocycles. The molecule has 0 fully saturated rings. The van der Waals surface area contributed by atoms with E-state index >= 15 is 0 Å². The number of amides is 1. The minimum atomic E-state index is -0.777. The number of aliphatic hydroxyl groups is 2. The van der Waals surface area contributed by atoms with Crippen molar-refractivity contribution in [2.45, 2.75) is 289 Å². The molecule has 3 unspecified atom stereocenters. The van der Waals surface area contributed by atoms with Crippen molar-refractivity contribution in [1.29, 1.82) is 0 Å². The molecular formula is C48H95NO5. The van der Waals surface area contributed by atoms with Crippen LogP contribution < -0.4 is 5.32 Å². The number of aliphatic hydroxyl groups excluding tert-OH is 2. The Kier molecular flexibility index (Phi) is 42.1. The molecule has 6 nitrogen and oxygen atoms in total. The first kappa shape index (κ1) is 52.9. The number of carbonyl (C=O) groups is 2. The van der Waals surface area contributed by atoms with E-state index in [-0.39, 0.29) is 24.9 Å². The van der Waals surface area contributed by atoms with Crippen LogP contribution in [0.2, 0.25) is 0 Å². The SMILES string of the molecule is CCCCCCCCCCCCCCCCCC(CC(=O)NC(CO)C(O)CCCCCCCCCCCC)OC(=O)CCCCCCCCCCCC. The second-order valence-corrected chi connectivity index (χ2v) is 16.9. The lowest BCUT2D eigenvalue weighted by Gasteiger charge is -2.24. The molecule has 0 bridgehead atoms. The monoisotopic (exact) mass is 766 g/mol. The Labute approximate surface area is 336 Å². The molecule has 3 N–H and O–H groups in total. The zero-order valence-corrected chi connectivity index (χ0v) is 36.6. The molecule has 0 radical (unpaired) electrons. The summed E-state index contributed by atoms with van der Waals surface area (Å²) in [5.74, 6) is -0.457. The molecule has 0 aromatic heterocycles. The minimum Gasteiger partial charge on any atom is -0.462 e. The first-order valence-corrected chi connectivity index (χ1v) is 24.3. The molecular weight excluding hydrogens is 671 g/mol. The normalized spacial score (nSPS) is 13.2. The van der Waals surface area contributed by atoms with Gasteiger partial charge in [0.15, 0.2) is 0 Å². The molecule has 0 aromatic carbocycles. The number of hydrogen-bond acceptors (Lipinski definition) is 5. The van der Waals surface area contributed by atoms with E-state index in [1.165, 1.54) is 180 Å². The van der Waals surface area contributed by atoms with Crippen LogP contribution in [0.3, 0.4) is 0 Å². The predicted octanol–water partition coefficient (Wildman–Crippen LogP) is 14.0. The summed E-state index contributed by atoms with van der Waals surface area (Å²) in [5.41, 5.74) is 0. The van der Waals surface area contributed by atoms with Crippen LogP contribution in [0.1, 0.15) is 271 Å². The van der Waals surface area contributed by atoms with Crippen molar-refractivity contribution in [1.82, 2.24) is 5.32 Å². The highest BCUT2D eigenvalue weighted by atomic mass is 16.5. The first-order chi connectivity index (χ1) is 26.5. The fraction of sp³-hybridized carbons (Fsp3) is 0.958. The fourth-order valence-corrected chi connectivity index (χ4v) is 7.73. The van der Waals surface area contributed by atoms with E-state index in [0.717, 1.165) is 44.9 Å². The van der Waals surface area contributed by atoms with Crippen LogP contribution in [0.15, 0.2) is 0 Å². The molecule has 1 amide bonds. The van der Waals surface area contributed by atoms with Crippen LogP contribution in [0.25, 0.3) is 0 Å². The van der Waals surface area contributed by atoms with E-state index < -0.39 is 18.2 Å². The number of carbonyl (C=O) groups excluding carboxylic acids is 2. The van der Waals surface area contributed by atoms with Crippen molar-refractivity contribution in [3.63, 3.8) is 0 Å². The summed E-state index contributed by atoms with van der Waals surface area (Å²) in [5, 5.41) is 23.6. The Balaban J connectivity index is 4.53. The van der Waals surface area contributed by atoms with Crippen LogP contribution in [0, 0.1) is 0 Å². The Morgan fingerprint density at radius 1 is 0.463 bits per heavy atom. The fourth-order valence-electron chi connectivity index (χ4n) is 7.73. The van der Waals surface area contributed by atoms with E-state index in [0.29, 0.717) is 19.3 Å². The second-order valence-electron chi connectivity index (χ2n) is 16.9. The van der Waals surface area contributed by atoms with E-state index in [4.69, 9.17) is 4.74 Å². The molecule has 0 rings (SSSR count). The van der Waals surface area contributed by atoms with Crippen molar-refractivity contribution in [3.8, 4) is 0 Å². The zero-order valence-electron chi connectivity index (χ0n) is 36.6. The van der Waals surface area contributed by atoms with Gasteiger partial charge in [-0.2, -0.15) is 0 Å². The highest BCUT2D eigenvalue weighted by Crippen LogP contribution is 2.18. The van der Waals surface area contributed by atoms with Gasteiger partial charge in [-0.1, -0.05) is 233 Å². The van der Waals surface area contributed by atoms with Gasteiger partial charge in [0.2, 0.25) is 5.91 Å². The van der Waals surface area contributed by atoms with Gasteiger partial charge in [-0.3, -0.25) is 9.59 Å². The second kappa shape index (κ2) is 43.0. The molecule has 0 aliphatic rings. The topological polar surface area (TPSA) is 95.9 Å². The largest absolute Gasteiger partial charge is 0.462 e. The molecule has 3 atom stereocenters. The summed E-state index contributed by atoms with van der Waals surface area (Å²) in [6, 6.07) is -0.690. The summed E-state index contributed by atoms with van der Waals surface area (Å²) in [7, 11) is 0. The van der Waals surface area contributed by atoms with Gasteiger partial charge >= 0.3 is 5.97 Å². The van der Waals surface area contributed by atoms with Crippen molar-refractivity contribution in [2.24, 2.45) is 0 Å². The van der Waals surface area contributed by atoms with Crippen molar-refractivity contribution >= 4 is 11.9 Å². The molecule has 0 aromatic rings. The lowest BCUT2D eigenvalue weighted by Crippen LogP contribution is -2.46. The summed E-state index contributed by atoms with van der Waals surface area (Å²) in [4.78, 5) is 26.0. The maximum atomic E-state index is 13.1. The van der Waals surface area contributed by atoms with Gasteiger partial charge in [0.1, 0.15) is 6.10 Å². The third-order valence-corrected chi connectivity index (χ3v) is 11.4. The van der Waals surface area contributed by atoms with Gasteiger partial charge in [-0.05, 0) is 25.7 Å². The number of nitrogens with one attached hydrogen (secondary N) is 1. The van der Waals surface area contributed by atoms with Crippen LogP contribution in [0.4, 0.5) is 0 Å².